The zero-order valence-electron chi connectivity index (χ0n) is 15.5. The summed E-state index contributed by atoms with van der Waals surface area (Å²) in [5.41, 5.74) is 2.77. The highest BCUT2D eigenvalue weighted by atomic mass is 35.5. The first-order chi connectivity index (χ1) is 13.5. The maximum atomic E-state index is 12.6. The van der Waals surface area contributed by atoms with Crippen molar-refractivity contribution in [2.75, 3.05) is 43.4 Å². The fourth-order valence-corrected chi connectivity index (χ4v) is 3.59. The molecule has 0 atom stereocenters. The van der Waals surface area contributed by atoms with Crippen molar-refractivity contribution in [3.63, 3.8) is 0 Å². The minimum absolute atomic E-state index is 0.332. The van der Waals surface area contributed by atoms with Crippen LogP contribution in [0, 0.1) is 0 Å². The van der Waals surface area contributed by atoms with Crippen LogP contribution < -0.4 is 10.2 Å². The number of carbonyl (C=O) groups excluding carboxylic acids is 2. The third-order valence-corrected chi connectivity index (χ3v) is 5.32. The number of rotatable bonds is 4. The molecular weight excluding hydrogens is 376 g/mol. The van der Waals surface area contributed by atoms with Gasteiger partial charge in [0.05, 0.1) is 5.56 Å². The minimum atomic E-state index is -0.664. The fourth-order valence-electron chi connectivity index (χ4n) is 3.42. The topological polar surface area (TPSA) is 68.4 Å². The second kappa shape index (κ2) is 7.66. The van der Waals surface area contributed by atoms with Crippen molar-refractivity contribution in [1.29, 1.82) is 0 Å². The van der Waals surface area contributed by atoms with E-state index in [1.54, 1.807) is 24.4 Å². The lowest BCUT2D eigenvalue weighted by Crippen LogP contribution is -2.44. The largest absolute Gasteiger partial charge is 0.369 e. The van der Waals surface area contributed by atoms with Gasteiger partial charge in [-0.1, -0.05) is 17.7 Å². The first-order valence-electron chi connectivity index (χ1n) is 9.17. The van der Waals surface area contributed by atoms with Gasteiger partial charge in [-0.15, -0.1) is 0 Å². The summed E-state index contributed by atoms with van der Waals surface area (Å²) in [6.07, 6.45) is 1.54. The van der Waals surface area contributed by atoms with Gasteiger partial charge in [-0.2, -0.15) is 0 Å². The van der Waals surface area contributed by atoms with Crippen molar-refractivity contribution in [2.24, 2.45) is 0 Å². The number of hydrogen-bond donors (Lipinski definition) is 2. The van der Waals surface area contributed by atoms with Crippen LogP contribution >= 0.6 is 11.6 Å². The number of Topliss-reactive ketones (excluding diaryl/α,β-unsaturated/α-hetero) is 1. The third kappa shape index (κ3) is 3.74. The monoisotopic (exact) mass is 396 g/mol. The molecule has 144 valence electrons. The standard InChI is InChI=1S/C21H21ClN4O2/c1-25-8-10-26(11-9-25)16-5-3-15(4-6-16)24-21(28)20(27)18-13-23-19-12-14(22)2-7-17(18)19/h2-7,12-13,23H,8-11H2,1H3,(H,24,28). The van der Waals surface area contributed by atoms with Gasteiger partial charge in [-0.05, 0) is 43.4 Å². The Morgan fingerprint density at radius 2 is 1.75 bits per heavy atom. The molecule has 1 aliphatic heterocycles. The van der Waals surface area contributed by atoms with Crippen LogP contribution in [0.2, 0.25) is 5.02 Å². The molecule has 0 bridgehead atoms. The van der Waals surface area contributed by atoms with Crippen LogP contribution in [0.5, 0.6) is 0 Å². The Hall–Kier alpha value is -2.83. The Morgan fingerprint density at radius 1 is 1.04 bits per heavy atom. The molecule has 2 aromatic carbocycles. The molecule has 0 spiro atoms. The molecule has 28 heavy (non-hydrogen) atoms. The van der Waals surface area contributed by atoms with Crippen molar-refractivity contribution >= 4 is 45.6 Å². The van der Waals surface area contributed by atoms with E-state index in [4.69, 9.17) is 11.6 Å². The molecule has 0 radical (unpaired) electrons. The molecule has 3 aromatic rings. The first-order valence-corrected chi connectivity index (χ1v) is 9.55. The smallest absolute Gasteiger partial charge is 0.296 e. The number of benzene rings is 2. The minimum Gasteiger partial charge on any atom is -0.369 e. The van der Waals surface area contributed by atoms with Crippen molar-refractivity contribution in [3.8, 4) is 0 Å². The van der Waals surface area contributed by atoms with Crippen LogP contribution in [0.3, 0.4) is 0 Å². The third-order valence-electron chi connectivity index (χ3n) is 5.09. The van der Waals surface area contributed by atoms with Crippen LogP contribution in [0.15, 0.2) is 48.7 Å². The SMILES string of the molecule is CN1CCN(c2ccc(NC(=O)C(=O)c3c[nH]c4cc(Cl)ccc34)cc2)CC1. The molecule has 6 nitrogen and oxygen atoms in total. The maximum Gasteiger partial charge on any atom is 0.296 e. The number of aromatic nitrogens is 1. The number of nitrogens with zero attached hydrogens (tertiary/aromatic N) is 2. The van der Waals surface area contributed by atoms with E-state index in [9.17, 15) is 9.59 Å². The van der Waals surface area contributed by atoms with E-state index < -0.39 is 11.7 Å². The van der Waals surface area contributed by atoms with Gasteiger partial charge in [0.25, 0.3) is 11.7 Å². The molecular formula is C21H21ClN4O2. The number of hydrogen-bond acceptors (Lipinski definition) is 4. The van der Waals surface area contributed by atoms with Crippen LogP contribution in [0.1, 0.15) is 10.4 Å². The number of aromatic amines is 1. The lowest BCUT2D eigenvalue weighted by Gasteiger charge is -2.34. The normalized spacial score (nSPS) is 15.0. The molecule has 2 N–H and O–H groups in total. The number of nitrogens with one attached hydrogen (secondary N) is 2. The highest BCUT2D eigenvalue weighted by molar-refractivity contribution is 6.48. The van der Waals surface area contributed by atoms with Gasteiger partial charge >= 0.3 is 0 Å². The molecule has 2 heterocycles. The number of amides is 1. The van der Waals surface area contributed by atoms with Crippen LogP contribution in [-0.2, 0) is 4.79 Å². The van der Waals surface area contributed by atoms with E-state index in [1.165, 1.54) is 0 Å². The van der Waals surface area contributed by atoms with Crippen LogP contribution in [-0.4, -0.2) is 54.8 Å². The number of likely N-dealkylation sites (N-methyl/N-ethyl adjacent to an activating group) is 1. The van der Waals surface area contributed by atoms with E-state index in [0.29, 0.717) is 21.7 Å². The number of piperazine rings is 1. The molecule has 1 saturated heterocycles. The molecule has 0 saturated carbocycles. The molecule has 1 fully saturated rings. The number of carbonyl (C=O) groups is 2. The Kier molecular flexibility index (Phi) is 5.07. The van der Waals surface area contributed by atoms with Gasteiger partial charge in [-0.25, -0.2) is 0 Å². The molecule has 1 aromatic heterocycles. The van der Waals surface area contributed by atoms with Crippen molar-refractivity contribution < 1.29 is 9.59 Å². The Balaban J connectivity index is 1.44. The summed E-state index contributed by atoms with van der Waals surface area (Å²) in [7, 11) is 2.12. The van der Waals surface area contributed by atoms with Gasteiger partial charge < -0.3 is 20.1 Å². The van der Waals surface area contributed by atoms with Gasteiger partial charge in [0, 0.05) is 59.7 Å². The zero-order chi connectivity index (χ0) is 19.7. The van der Waals surface area contributed by atoms with Crippen molar-refractivity contribution in [2.45, 2.75) is 0 Å². The van der Waals surface area contributed by atoms with Crippen molar-refractivity contribution in [3.05, 3.63) is 59.2 Å². The number of ketones is 1. The quantitative estimate of drug-likeness (QED) is 0.524. The lowest BCUT2D eigenvalue weighted by molar-refractivity contribution is -0.112. The molecule has 0 aliphatic carbocycles. The number of fused-ring (bicyclic) bond motifs is 1. The summed E-state index contributed by atoms with van der Waals surface area (Å²) in [6.45, 7) is 4.02. The van der Waals surface area contributed by atoms with E-state index in [0.717, 1.165) is 37.4 Å². The summed E-state index contributed by atoms with van der Waals surface area (Å²) in [4.78, 5) is 32.6. The van der Waals surface area contributed by atoms with Crippen molar-refractivity contribution in [1.82, 2.24) is 9.88 Å². The average Bonchev–Trinajstić information content (AvgIpc) is 3.11. The number of anilines is 2. The van der Waals surface area contributed by atoms with Crippen LogP contribution in [0.4, 0.5) is 11.4 Å². The van der Waals surface area contributed by atoms with E-state index >= 15 is 0 Å². The zero-order valence-corrected chi connectivity index (χ0v) is 16.3. The summed E-state index contributed by atoms with van der Waals surface area (Å²) >= 11 is 5.96. The highest BCUT2D eigenvalue weighted by Crippen LogP contribution is 2.23. The first kappa shape index (κ1) is 18.5. The predicted octanol–water partition coefficient (Wildman–Crippen LogP) is 3.39. The second-order valence-corrected chi connectivity index (χ2v) is 7.45. The summed E-state index contributed by atoms with van der Waals surface area (Å²) in [5, 5.41) is 3.93. The molecule has 7 heteroatoms. The van der Waals surface area contributed by atoms with E-state index in [1.807, 2.05) is 24.3 Å². The Labute approximate surface area is 168 Å². The Bertz CT molecular complexity index is 1020. The van der Waals surface area contributed by atoms with Gasteiger partial charge in [0.1, 0.15) is 0 Å². The van der Waals surface area contributed by atoms with E-state index in [2.05, 4.69) is 27.1 Å². The number of H-pyrrole nitrogens is 1. The molecule has 1 aliphatic rings. The van der Waals surface area contributed by atoms with Crippen LogP contribution in [0.25, 0.3) is 10.9 Å². The highest BCUT2D eigenvalue weighted by Gasteiger charge is 2.20. The molecule has 1 amide bonds. The van der Waals surface area contributed by atoms with Gasteiger partial charge in [0.2, 0.25) is 0 Å². The summed E-state index contributed by atoms with van der Waals surface area (Å²) in [6, 6.07) is 12.8. The lowest BCUT2D eigenvalue weighted by atomic mass is 10.1. The van der Waals surface area contributed by atoms with Gasteiger partial charge in [-0.3, -0.25) is 9.59 Å². The molecule has 4 rings (SSSR count). The van der Waals surface area contributed by atoms with E-state index in [-0.39, 0.29) is 0 Å². The predicted molar refractivity (Wildman–Crippen MR) is 112 cm³/mol. The summed E-state index contributed by atoms with van der Waals surface area (Å²) in [5.74, 6) is -1.25. The number of halogens is 1. The summed E-state index contributed by atoms with van der Waals surface area (Å²) < 4.78 is 0. The maximum absolute atomic E-state index is 12.6. The Morgan fingerprint density at radius 3 is 2.46 bits per heavy atom. The van der Waals surface area contributed by atoms with Gasteiger partial charge in [0.15, 0.2) is 0 Å². The second-order valence-electron chi connectivity index (χ2n) is 7.01. The fraction of sp³-hybridized carbons (Fsp3) is 0.238. The molecule has 0 unspecified atom stereocenters. The average molecular weight is 397 g/mol.